The van der Waals surface area contributed by atoms with Crippen LogP contribution < -0.4 is 4.74 Å². The van der Waals surface area contributed by atoms with Gasteiger partial charge < -0.3 is 14.6 Å². The minimum atomic E-state index is -1.58. The molecule has 0 radical (unpaired) electrons. The molecule has 0 spiro atoms. The first-order valence-electron chi connectivity index (χ1n) is 4.30. The zero-order valence-electron chi connectivity index (χ0n) is 8.66. The van der Waals surface area contributed by atoms with Crippen LogP contribution in [-0.2, 0) is 9.53 Å². The van der Waals surface area contributed by atoms with E-state index in [0.717, 1.165) is 7.11 Å². The topological polar surface area (TPSA) is 55.8 Å². The van der Waals surface area contributed by atoms with Crippen LogP contribution in [0.1, 0.15) is 11.7 Å². The van der Waals surface area contributed by atoms with Crippen molar-refractivity contribution >= 4 is 21.9 Å². The van der Waals surface area contributed by atoms with E-state index in [1.165, 1.54) is 19.2 Å². The Bertz CT molecular complexity index is 408. The van der Waals surface area contributed by atoms with Crippen molar-refractivity contribution in [3.8, 4) is 5.75 Å². The van der Waals surface area contributed by atoms with Crippen molar-refractivity contribution in [3.63, 3.8) is 0 Å². The van der Waals surface area contributed by atoms with Crippen LogP contribution in [0.3, 0.4) is 0 Å². The number of carbonyl (C=O) groups is 1. The van der Waals surface area contributed by atoms with E-state index in [1.54, 1.807) is 0 Å². The van der Waals surface area contributed by atoms with Gasteiger partial charge in [-0.25, -0.2) is 9.18 Å². The number of ether oxygens (including phenoxy) is 2. The second-order valence-electron chi connectivity index (χ2n) is 2.94. The first-order valence-corrected chi connectivity index (χ1v) is 5.09. The SMILES string of the molecule is COC(=O)C(O)c1cc(Br)cc(F)c1OC. The molecule has 0 saturated heterocycles. The molecule has 1 rings (SSSR count). The minimum Gasteiger partial charge on any atom is -0.493 e. The highest BCUT2D eigenvalue weighted by atomic mass is 79.9. The van der Waals surface area contributed by atoms with E-state index in [2.05, 4.69) is 20.7 Å². The van der Waals surface area contributed by atoms with Gasteiger partial charge in [0.25, 0.3) is 0 Å². The van der Waals surface area contributed by atoms with Crippen molar-refractivity contribution in [1.82, 2.24) is 0 Å². The van der Waals surface area contributed by atoms with Gasteiger partial charge in [0.05, 0.1) is 14.2 Å². The van der Waals surface area contributed by atoms with Crippen molar-refractivity contribution in [2.45, 2.75) is 6.10 Å². The molecule has 6 heteroatoms. The van der Waals surface area contributed by atoms with E-state index in [4.69, 9.17) is 4.74 Å². The molecule has 1 atom stereocenters. The van der Waals surface area contributed by atoms with Crippen LogP contribution in [0.15, 0.2) is 16.6 Å². The van der Waals surface area contributed by atoms with Gasteiger partial charge in [-0.05, 0) is 12.1 Å². The number of carbonyl (C=O) groups excluding carboxylic acids is 1. The maximum Gasteiger partial charge on any atom is 0.339 e. The molecule has 1 aromatic rings. The lowest BCUT2D eigenvalue weighted by atomic mass is 10.1. The number of halogens is 2. The van der Waals surface area contributed by atoms with Crippen molar-refractivity contribution < 1.29 is 23.8 Å². The molecule has 0 aliphatic rings. The molecule has 4 nitrogen and oxygen atoms in total. The Balaban J connectivity index is 3.25. The highest BCUT2D eigenvalue weighted by Gasteiger charge is 2.24. The number of aliphatic hydroxyl groups is 1. The molecule has 0 aromatic heterocycles. The van der Waals surface area contributed by atoms with Crippen LogP contribution in [-0.4, -0.2) is 25.3 Å². The van der Waals surface area contributed by atoms with Crippen molar-refractivity contribution in [2.24, 2.45) is 0 Å². The summed E-state index contributed by atoms with van der Waals surface area (Å²) in [4.78, 5) is 11.1. The molecule has 1 unspecified atom stereocenters. The lowest BCUT2D eigenvalue weighted by molar-refractivity contribution is -0.150. The van der Waals surface area contributed by atoms with E-state index in [-0.39, 0.29) is 11.3 Å². The van der Waals surface area contributed by atoms with E-state index in [0.29, 0.717) is 4.47 Å². The summed E-state index contributed by atoms with van der Waals surface area (Å²) in [5.74, 6) is -1.73. The Labute approximate surface area is 100 Å². The molecule has 0 saturated carbocycles. The molecular formula is C10H10BrFO4. The van der Waals surface area contributed by atoms with Crippen molar-refractivity contribution in [3.05, 3.63) is 28.0 Å². The molecular weight excluding hydrogens is 283 g/mol. The van der Waals surface area contributed by atoms with Gasteiger partial charge in [-0.15, -0.1) is 0 Å². The lowest BCUT2D eigenvalue weighted by Gasteiger charge is -2.14. The third kappa shape index (κ3) is 2.51. The summed E-state index contributed by atoms with van der Waals surface area (Å²) in [5.41, 5.74) is 0.0150. The van der Waals surface area contributed by atoms with Crippen LogP contribution in [0.25, 0.3) is 0 Å². The van der Waals surface area contributed by atoms with Crippen LogP contribution in [0.5, 0.6) is 5.75 Å². The maximum atomic E-state index is 13.4. The molecule has 1 aromatic carbocycles. The molecule has 0 bridgehead atoms. The van der Waals surface area contributed by atoms with Gasteiger partial charge in [-0.3, -0.25) is 0 Å². The summed E-state index contributed by atoms with van der Waals surface area (Å²) in [6.07, 6.45) is -1.58. The summed E-state index contributed by atoms with van der Waals surface area (Å²) in [6, 6.07) is 2.57. The fourth-order valence-electron chi connectivity index (χ4n) is 1.24. The molecule has 0 aliphatic carbocycles. The Hall–Kier alpha value is -1.14. The van der Waals surface area contributed by atoms with Crippen molar-refractivity contribution in [2.75, 3.05) is 14.2 Å². The maximum absolute atomic E-state index is 13.4. The molecule has 0 fully saturated rings. The smallest absolute Gasteiger partial charge is 0.339 e. The van der Waals surface area contributed by atoms with Gasteiger partial charge in [0, 0.05) is 10.0 Å². The number of hydrogen-bond donors (Lipinski definition) is 1. The fraction of sp³-hybridized carbons (Fsp3) is 0.300. The minimum absolute atomic E-state index is 0.0150. The van der Waals surface area contributed by atoms with Gasteiger partial charge >= 0.3 is 5.97 Å². The average Bonchev–Trinajstić information content (AvgIpc) is 2.26. The average molecular weight is 293 g/mol. The quantitative estimate of drug-likeness (QED) is 0.863. The summed E-state index contributed by atoms with van der Waals surface area (Å²) in [5, 5.41) is 9.61. The van der Waals surface area contributed by atoms with Gasteiger partial charge in [-0.2, -0.15) is 0 Å². The van der Waals surface area contributed by atoms with Gasteiger partial charge in [0.1, 0.15) is 0 Å². The first-order chi connectivity index (χ1) is 7.51. The molecule has 0 heterocycles. The molecule has 88 valence electrons. The Morgan fingerprint density at radius 2 is 2.12 bits per heavy atom. The lowest BCUT2D eigenvalue weighted by Crippen LogP contribution is -2.15. The largest absolute Gasteiger partial charge is 0.493 e. The number of aliphatic hydroxyl groups excluding tert-OH is 1. The fourth-order valence-corrected chi connectivity index (χ4v) is 1.68. The number of rotatable bonds is 3. The van der Waals surface area contributed by atoms with Crippen LogP contribution in [0.4, 0.5) is 4.39 Å². The monoisotopic (exact) mass is 292 g/mol. The first kappa shape index (κ1) is 12.9. The van der Waals surface area contributed by atoms with E-state index < -0.39 is 17.9 Å². The second-order valence-corrected chi connectivity index (χ2v) is 3.85. The Morgan fingerprint density at radius 3 is 2.62 bits per heavy atom. The van der Waals surface area contributed by atoms with Gasteiger partial charge in [-0.1, -0.05) is 15.9 Å². The third-order valence-electron chi connectivity index (χ3n) is 1.96. The van der Waals surface area contributed by atoms with E-state index in [9.17, 15) is 14.3 Å². The number of esters is 1. The van der Waals surface area contributed by atoms with Gasteiger partial charge in [0.15, 0.2) is 17.7 Å². The number of hydrogen-bond acceptors (Lipinski definition) is 4. The summed E-state index contributed by atoms with van der Waals surface area (Å²) < 4.78 is 23.0. The van der Waals surface area contributed by atoms with E-state index in [1.807, 2.05) is 0 Å². The number of methoxy groups -OCH3 is 2. The molecule has 1 N–H and O–H groups in total. The predicted molar refractivity (Wildman–Crippen MR) is 57.6 cm³/mol. The predicted octanol–water partition coefficient (Wildman–Crippen LogP) is 1.80. The standard InChI is InChI=1S/C10H10BrFO4/c1-15-9-6(8(13)10(14)16-2)3-5(11)4-7(9)12/h3-4,8,13H,1-2H3. The molecule has 16 heavy (non-hydrogen) atoms. The van der Waals surface area contributed by atoms with Crippen molar-refractivity contribution in [1.29, 1.82) is 0 Å². The zero-order valence-corrected chi connectivity index (χ0v) is 10.2. The summed E-state index contributed by atoms with van der Waals surface area (Å²) in [6.45, 7) is 0. The number of benzene rings is 1. The normalized spacial score (nSPS) is 12.1. The van der Waals surface area contributed by atoms with E-state index >= 15 is 0 Å². The van der Waals surface area contributed by atoms with Crippen LogP contribution in [0, 0.1) is 5.82 Å². The van der Waals surface area contributed by atoms with Crippen LogP contribution in [0.2, 0.25) is 0 Å². The Morgan fingerprint density at radius 1 is 1.50 bits per heavy atom. The second kappa shape index (κ2) is 5.27. The highest BCUT2D eigenvalue weighted by Crippen LogP contribution is 2.32. The Kier molecular flexibility index (Phi) is 4.26. The third-order valence-corrected chi connectivity index (χ3v) is 2.42. The summed E-state index contributed by atoms with van der Waals surface area (Å²) in [7, 11) is 2.38. The molecule has 0 aliphatic heterocycles. The zero-order chi connectivity index (χ0) is 12.3. The highest BCUT2D eigenvalue weighted by molar-refractivity contribution is 9.10. The van der Waals surface area contributed by atoms with Crippen LogP contribution >= 0.6 is 15.9 Å². The molecule has 0 amide bonds. The van der Waals surface area contributed by atoms with Gasteiger partial charge in [0.2, 0.25) is 0 Å². The summed E-state index contributed by atoms with van der Waals surface area (Å²) >= 11 is 3.06.